The summed E-state index contributed by atoms with van der Waals surface area (Å²) in [6.45, 7) is 11.9. The van der Waals surface area contributed by atoms with Crippen LogP contribution in [-0.4, -0.2) is 0 Å². The molecule has 0 amide bonds. The van der Waals surface area contributed by atoms with Gasteiger partial charge >= 0.3 is 0 Å². The van der Waals surface area contributed by atoms with Crippen molar-refractivity contribution in [2.75, 3.05) is 0 Å². The largest absolute Gasteiger partial charge is 0.0654 e. The number of hydrogen-bond acceptors (Lipinski definition) is 0. The molecule has 0 saturated heterocycles. The second-order valence-electron chi connectivity index (χ2n) is 6.13. The van der Waals surface area contributed by atoms with Crippen LogP contribution >= 0.6 is 0 Å². The maximum Gasteiger partial charge on any atom is -0.0412 e. The molecule has 0 aromatic heterocycles. The highest BCUT2D eigenvalue weighted by Gasteiger charge is 2.16. The Bertz CT molecular complexity index is 150. The van der Waals surface area contributed by atoms with E-state index in [0.717, 1.165) is 17.8 Å². The molecule has 0 aliphatic rings. The fourth-order valence-corrected chi connectivity index (χ4v) is 2.97. The molecule has 104 valence electrons. The zero-order valence-electron chi connectivity index (χ0n) is 13.1. The maximum atomic E-state index is 2.48. The average Bonchev–Trinajstić information content (AvgIpc) is 2.29. The van der Waals surface area contributed by atoms with Gasteiger partial charge < -0.3 is 0 Å². The van der Waals surface area contributed by atoms with Crippen molar-refractivity contribution in [1.82, 2.24) is 0 Å². The van der Waals surface area contributed by atoms with Gasteiger partial charge in [0.25, 0.3) is 0 Å². The summed E-state index contributed by atoms with van der Waals surface area (Å²) in [5, 5.41) is 0. The molecule has 0 nitrogen and oxygen atoms in total. The third-order valence-electron chi connectivity index (χ3n) is 4.33. The van der Waals surface area contributed by atoms with Gasteiger partial charge in [-0.25, -0.2) is 0 Å². The van der Waals surface area contributed by atoms with Crippen LogP contribution in [0.4, 0.5) is 0 Å². The van der Waals surface area contributed by atoms with Gasteiger partial charge in [0.2, 0.25) is 0 Å². The number of unbranched alkanes of at least 4 members (excludes halogenated alkanes) is 2. The zero-order valence-corrected chi connectivity index (χ0v) is 13.1. The van der Waals surface area contributed by atoms with Crippen molar-refractivity contribution in [3.8, 4) is 0 Å². The molecule has 0 rings (SSSR count). The summed E-state index contributed by atoms with van der Waals surface area (Å²) in [5.74, 6) is 2.85. The second-order valence-corrected chi connectivity index (χ2v) is 6.13. The second kappa shape index (κ2) is 11.1. The molecule has 3 atom stereocenters. The Morgan fingerprint density at radius 1 is 0.647 bits per heavy atom. The first-order valence-corrected chi connectivity index (χ1v) is 8.15. The smallest absolute Gasteiger partial charge is 0.0412 e. The Hall–Kier alpha value is 0. The lowest BCUT2D eigenvalue weighted by Crippen LogP contribution is -2.13. The van der Waals surface area contributed by atoms with Gasteiger partial charge in [-0.15, -0.1) is 0 Å². The molecule has 0 aromatic carbocycles. The molecule has 0 bridgehead atoms. The van der Waals surface area contributed by atoms with E-state index >= 15 is 0 Å². The van der Waals surface area contributed by atoms with Gasteiger partial charge in [0.05, 0.1) is 0 Å². The first-order valence-electron chi connectivity index (χ1n) is 8.15. The molecule has 0 aliphatic carbocycles. The summed E-state index contributed by atoms with van der Waals surface area (Å²) in [7, 11) is 0. The molecular formula is C17H36. The summed E-state index contributed by atoms with van der Waals surface area (Å²) in [4.78, 5) is 0. The molecule has 0 aliphatic heterocycles. The van der Waals surface area contributed by atoms with Crippen LogP contribution < -0.4 is 0 Å². The summed E-state index contributed by atoms with van der Waals surface area (Å²) < 4.78 is 0. The first-order chi connectivity index (χ1) is 8.15. The highest BCUT2D eigenvalue weighted by atomic mass is 14.2. The molecule has 0 N–H and O–H groups in total. The lowest BCUT2D eigenvalue weighted by Gasteiger charge is -2.25. The van der Waals surface area contributed by atoms with Crippen molar-refractivity contribution in [3.63, 3.8) is 0 Å². The Balaban J connectivity index is 3.95. The van der Waals surface area contributed by atoms with Gasteiger partial charge in [-0.2, -0.15) is 0 Å². The molecule has 3 unspecified atom stereocenters. The van der Waals surface area contributed by atoms with Crippen LogP contribution in [0.1, 0.15) is 92.4 Å². The van der Waals surface area contributed by atoms with E-state index < -0.39 is 0 Å². The van der Waals surface area contributed by atoms with Gasteiger partial charge in [-0.05, 0) is 24.2 Å². The van der Waals surface area contributed by atoms with Gasteiger partial charge in [-0.3, -0.25) is 0 Å². The number of hydrogen-bond donors (Lipinski definition) is 0. The minimum Gasteiger partial charge on any atom is -0.0654 e. The van der Waals surface area contributed by atoms with Crippen LogP contribution in [0.3, 0.4) is 0 Å². The van der Waals surface area contributed by atoms with Crippen LogP contribution in [0.5, 0.6) is 0 Å². The van der Waals surface area contributed by atoms with Crippen LogP contribution in [0, 0.1) is 17.8 Å². The molecule has 0 saturated carbocycles. The molecule has 0 spiro atoms. The van der Waals surface area contributed by atoms with Crippen molar-refractivity contribution in [3.05, 3.63) is 0 Å². The molecule has 17 heavy (non-hydrogen) atoms. The van der Waals surface area contributed by atoms with E-state index in [1.807, 2.05) is 0 Å². The molecule has 0 heterocycles. The van der Waals surface area contributed by atoms with E-state index in [9.17, 15) is 0 Å². The molecule has 0 fully saturated rings. The SMILES string of the molecule is CCCCCC(CCC)CC(C)C(C)CCC. The van der Waals surface area contributed by atoms with Crippen molar-refractivity contribution < 1.29 is 0 Å². The van der Waals surface area contributed by atoms with Crippen molar-refractivity contribution in [2.45, 2.75) is 92.4 Å². The van der Waals surface area contributed by atoms with Crippen LogP contribution in [0.25, 0.3) is 0 Å². The predicted molar refractivity (Wildman–Crippen MR) is 80.4 cm³/mol. The van der Waals surface area contributed by atoms with E-state index in [2.05, 4.69) is 34.6 Å². The minimum atomic E-state index is 0.922. The summed E-state index contributed by atoms with van der Waals surface area (Å²) in [6, 6.07) is 0. The lowest BCUT2D eigenvalue weighted by molar-refractivity contribution is 0.265. The summed E-state index contributed by atoms with van der Waals surface area (Å²) in [5.41, 5.74) is 0. The van der Waals surface area contributed by atoms with Crippen molar-refractivity contribution in [2.24, 2.45) is 17.8 Å². The predicted octanol–water partition coefficient (Wildman–Crippen LogP) is 6.45. The molecule has 0 radical (unpaired) electrons. The zero-order chi connectivity index (χ0) is 13.1. The summed E-state index contributed by atoms with van der Waals surface area (Å²) in [6.07, 6.45) is 12.8. The highest BCUT2D eigenvalue weighted by molar-refractivity contribution is 4.68. The quantitative estimate of drug-likeness (QED) is 0.364. The Labute approximate surface area is 111 Å². The monoisotopic (exact) mass is 240 g/mol. The number of rotatable bonds is 11. The first kappa shape index (κ1) is 17.0. The van der Waals surface area contributed by atoms with Crippen molar-refractivity contribution in [1.29, 1.82) is 0 Å². The fraction of sp³-hybridized carbons (Fsp3) is 1.00. The third-order valence-corrected chi connectivity index (χ3v) is 4.33. The van der Waals surface area contributed by atoms with E-state index in [4.69, 9.17) is 0 Å². The Kier molecular flexibility index (Phi) is 11.1. The Morgan fingerprint density at radius 2 is 1.29 bits per heavy atom. The maximum absolute atomic E-state index is 2.48. The fourth-order valence-electron chi connectivity index (χ4n) is 2.97. The standard InChI is InChI=1S/C17H36/c1-6-9-10-13-17(12-8-3)14-16(5)15(4)11-7-2/h15-17H,6-14H2,1-5H3. The Morgan fingerprint density at radius 3 is 1.82 bits per heavy atom. The minimum absolute atomic E-state index is 0.922. The van der Waals surface area contributed by atoms with Crippen LogP contribution in [0.15, 0.2) is 0 Å². The van der Waals surface area contributed by atoms with Gasteiger partial charge in [0.1, 0.15) is 0 Å². The van der Waals surface area contributed by atoms with E-state index in [1.54, 1.807) is 0 Å². The summed E-state index contributed by atoms with van der Waals surface area (Å²) >= 11 is 0. The van der Waals surface area contributed by atoms with E-state index in [1.165, 1.54) is 57.8 Å². The topological polar surface area (TPSA) is 0 Å². The molecule has 0 aromatic rings. The highest BCUT2D eigenvalue weighted by Crippen LogP contribution is 2.29. The van der Waals surface area contributed by atoms with E-state index in [-0.39, 0.29) is 0 Å². The van der Waals surface area contributed by atoms with E-state index in [0.29, 0.717) is 0 Å². The van der Waals surface area contributed by atoms with Gasteiger partial charge in [0, 0.05) is 0 Å². The third kappa shape index (κ3) is 8.69. The van der Waals surface area contributed by atoms with Crippen LogP contribution in [0.2, 0.25) is 0 Å². The lowest BCUT2D eigenvalue weighted by atomic mass is 9.81. The average molecular weight is 240 g/mol. The normalized spacial score (nSPS) is 16.8. The van der Waals surface area contributed by atoms with Gasteiger partial charge in [0.15, 0.2) is 0 Å². The molecule has 0 heteroatoms. The van der Waals surface area contributed by atoms with Crippen LogP contribution in [-0.2, 0) is 0 Å². The van der Waals surface area contributed by atoms with Crippen molar-refractivity contribution >= 4 is 0 Å². The molecular weight excluding hydrogens is 204 g/mol. The van der Waals surface area contributed by atoms with Gasteiger partial charge in [-0.1, -0.05) is 86.0 Å².